The molecule has 3 saturated heterocycles. The summed E-state index contributed by atoms with van der Waals surface area (Å²) in [5, 5.41) is 15.9. The number of ether oxygens (including phenoxy) is 1. The van der Waals surface area contributed by atoms with E-state index in [2.05, 4.69) is 84.9 Å². The van der Waals surface area contributed by atoms with Gasteiger partial charge in [-0.3, -0.25) is 15.0 Å². The van der Waals surface area contributed by atoms with Crippen molar-refractivity contribution in [2.75, 3.05) is 65.0 Å². The van der Waals surface area contributed by atoms with E-state index in [4.69, 9.17) is 10.1 Å². The lowest BCUT2D eigenvalue weighted by atomic mass is 9.93. The second-order valence-corrected chi connectivity index (χ2v) is 22.7. The van der Waals surface area contributed by atoms with Gasteiger partial charge in [-0.1, -0.05) is 97.1 Å². The third-order valence-corrected chi connectivity index (χ3v) is 19.0. The van der Waals surface area contributed by atoms with Crippen LogP contribution in [-0.4, -0.2) is 82.3 Å². The molecule has 6 aromatic carbocycles. The Bertz CT molecular complexity index is 2440. The van der Waals surface area contributed by atoms with E-state index in [0.29, 0.717) is 23.3 Å². The molecule has 0 saturated carbocycles. The lowest BCUT2D eigenvalue weighted by molar-refractivity contribution is 0.101. The zero-order valence-electron chi connectivity index (χ0n) is 32.0. The molecule has 6 aromatic rings. The van der Waals surface area contributed by atoms with Crippen LogP contribution >= 0.6 is 0 Å². The first-order chi connectivity index (χ1) is 27.4. The minimum Gasteiger partial charge on any atom is -0.372 e. The van der Waals surface area contributed by atoms with Crippen LogP contribution in [0.3, 0.4) is 0 Å². The van der Waals surface area contributed by atoms with Crippen molar-refractivity contribution in [3.63, 3.8) is 0 Å². The highest BCUT2D eigenvalue weighted by atomic mass is 32.2. The van der Waals surface area contributed by atoms with Crippen molar-refractivity contribution >= 4 is 82.3 Å². The fourth-order valence-electron chi connectivity index (χ4n) is 8.82. The predicted molar refractivity (Wildman–Crippen MR) is 243 cm³/mol. The van der Waals surface area contributed by atoms with Gasteiger partial charge in [-0.05, 0) is 107 Å². The SMILES string of the molecule is N=C(C[S+]1CCOCC1)c1ccc2ccc(C3CCC[S+](CC(=O)c4ccc5ccc(C6CC[S+](CC(=O)c7ccc8ccccc8c7)C6)cc5c4)C3)cc2c1. The Hall–Kier alpha value is -3.88. The van der Waals surface area contributed by atoms with Crippen LogP contribution < -0.4 is 0 Å². The Morgan fingerprint density at radius 1 is 0.518 bits per heavy atom. The third-order valence-electron chi connectivity index (χ3n) is 12.1. The summed E-state index contributed by atoms with van der Waals surface area (Å²) in [4.78, 5) is 27.1. The summed E-state index contributed by atoms with van der Waals surface area (Å²) < 4.78 is 5.54. The summed E-state index contributed by atoms with van der Waals surface area (Å²) in [6.07, 6.45) is 3.44. The summed E-state index contributed by atoms with van der Waals surface area (Å²) in [5.74, 6) is 10.1. The summed E-state index contributed by atoms with van der Waals surface area (Å²) in [7, 11) is 0.393. The Morgan fingerprint density at radius 2 is 1.04 bits per heavy atom. The molecular weight excluding hydrogens is 747 g/mol. The maximum Gasteiger partial charge on any atom is 0.211 e. The molecule has 3 heterocycles. The summed E-state index contributed by atoms with van der Waals surface area (Å²) in [5.41, 5.74) is 6.17. The predicted octanol–water partition coefficient (Wildman–Crippen LogP) is 9.53. The Morgan fingerprint density at radius 3 is 1.70 bits per heavy atom. The first kappa shape index (κ1) is 37.7. The van der Waals surface area contributed by atoms with Crippen molar-refractivity contribution in [2.24, 2.45) is 0 Å². The molecule has 4 nitrogen and oxygen atoms in total. The molecule has 0 radical (unpaired) electrons. The van der Waals surface area contributed by atoms with E-state index >= 15 is 0 Å². The van der Waals surface area contributed by atoms with Gasteiger partial charge in [0, 0.05) is 34.9 Å². The largest absolute Gasteiger partial charge is 0.372 e. The highest BCUT2D eigenvalue weighted by molar-refractivity contribution is 7.98. The molecule has 4 atom stereocenters. The zero-order chi connectivity index (χ0) is 38.0. The molecule has 4 unspecified atom stereocenters. The van der Waals surface area contributed by atoms with Gasteiger partial charge in [-0.25, -0.2) is 0 Å². The monoisotopic (exact) mass is 796 g/mol. The number of Topliss-reactive ketones (excluding diaryl/α,β-unsaturated/α-hetero) is 2. The molecule has 9 rings (SSSR count). The molecule has 0 spiro atoms. The molecule has 3 fully saturated rings. The highest BCUT2D eigenvalue weighted by Gasteiger charge is 2.36. The van der Waals surface area contributed by atoms with E-state index in [1.54, 1.807) is 0 Å². The van der Waals surface area contributed by atoms with E-state index in [-0.39, 0.29) is 44.3 Å². The van der Waals surface area contributed by atoms with Crippen LogP contribution in [0.5, 0.6) is 0 Å². The average Bonchev–Trinajstić information content (AvgIpc) is 3.71. The number of fused-ring (bicyclic) bond motifs is 3. The van der Waals surface area contributed by atoms with Gasteiger partial charge in [0.25, 0.3) is 0 Å². The number of hydrogen-bond acceptors (Lipinski definition) is 4. The van der Waals surface area contributed by atoms with E-state index in [0.717, 1.165) is 99.5 Å². The van der Waals surface area contributed by atoms with Gasteiger partial charge in [-0.15, -0.1) is 0 Å². The van der Waals surface area contributed by atoms with Crippen LogP contribution in [0.2, 0.25) is 0 Å². The minimum absolute atomic E-state index is 0.0544. The van der Waals surface area contributed by atoms with Crippen molar-refractivity contribution in [1.29, 1.82) is 5.41 Å². The standard InChI is InChI=1S/C49H50NO3S3/c50-47(31-54-22-18-53-19-23-54)40-14-9-35-7-12-38(25-45(35)27-40)43-6-3-20-55(29-43)32-48(51)42-16-11-36-8-13-39(26-46(36)28-42)44-17-21-56(30-44)33-49(52)41-15-10-34-4-1-2-5-37(34)24-41/h1-2,4-5,7-16,24-28,43-44,50H,3,6,17-23,29-33H2/q+3. The second-order valence-electron chi connectivity index (χ2n) is 15.9. The fourth-order valence-corrected chi connectivity index (χ4v) is 15.6. The fraction of sp³-hybridized carbons (Fsp3) is 0.327. The van der Waals surface area contributed by atoms with Crippen LogP contribution in [-0.2, 0) is 37.4 Å². The van der Waals surface area contributed by atoms with Gasteiger partial charge >= 0.3 is 0 Å². The summed E-state index contributed by atoms with van der Waals surface area (Å²) in [6.45, 7) is 1.66. The molecule has 0 aliphatic carbocycles. The van der Waals surface area contributed by atoms with Crippen molar-refractivity contribution in [3.05, 3.63) is 143 Å². The maximum atomic E-state index is 13.8. The van der Waals surface area contributed by atoms with Gasteiger partial charge in [0.1, 0.15) is 40.3 Å². The Kier molecular flexibility index (Phi) is 11.4. The molecule has 3 aliphatic heterocycles. The topological polar surface area (TPSA) is 67.2 Å². The first-order valence-electron chi connectivity index (χ1n) is 20.1. The van der Waals surface area contributed by atoms with Crippen molar-refractivity contribution in [3.8, 4) is 0 Å². The smallest absolute Gasteiger partial charge is 0.211 e. The van der Waals surface area contributed by atoms with Gasteiger partial charge in [0.2, 0.25) is 11.6 Å². The number of carbonyl (C=O) groups is 2. The number of ketones is 2. The van der Waals surface area contributed by atoms with E-state index in [1.165, 1.54) is 39.1 Å². The van der Waals surface area contributed by atoms with Crippen LogP contribution in [0.1, 0.15) is 68.5 Å². The molecule has 56 heavy (non-hydrogen) atoms. The molecule has 284 valence electrons. The van der Waals surface area contributed by atoms with Crippen molar-refractivity contribution in [2.45, 2.75) is 31.1 Å². The molecule has 0 bridgehead atoms. The van der Waals surface area contributed by atoms with Crippen molar-refractivity contribution in [1.82, 2.24) is 0 Å². The Balaban J connectivity index is 0.826. The van der Waals surface area contributed by atoms with E-state index in [1.807, 2.05) is 30.3 Å². The van der Waals surface area contributed by atoms with E-state index in [9.17, 15) is 9.59 Å². The van der Waals surface area contributed by atoms with E-state index < -0.39 is 0 Å². The van der Waals surface area contributed by atoms with Gasteiger partial charge in [0.15, 0.2) is 11.5 Å². The Labute approximate surface area is 339 Å². The molecule has 3 aliphatic rings. The molecule has 1 N–H and O–H groups in total. The van der Waals surface area contributed by atoms with Gasteiger partial charge in [0.05, 0.1) is 18.9 Å². The molecule has 7 heteroatoms. The lowest BCUT2D eigenvalue weighted by Gasteiger charge is -2.23. The summed E-state index contributed by atoms with van der Waals surface area (Å²) in [6, 6.07) is 40.8. The average molecular weight is 797 g/mol. The number of benzene rings is 6. The highest BCUT2D eigenvalue weighted by Crippen LogP contribution is 2.34. The first-order valence-corrected chi connectivity index (χ1v) is 25.3. The minimum atomic E-state index is 0.0544. The second kappa shape index (κ2) is 16.9. The lowest BCUT2D eigenvalue weighted by Crippen LogP contribution is -2.31. The third kappa shape index (κ3) is 8.52. The quantitative estimate of drug-likeness (QED) is 0.0808. The van der Waals surface area contributed by atoms with Crippen LogP contribution in [0.15, 0.2) is 115 Å². The van der Waals surface area contributed by atoms with Gasteiger partial charge < -0.3 is 4.74 Å². The number of rotatable bonds is 11. The number of carbonyl (C=O) groups excluding carboxylic acids is 2. The molecular formula is C49H50NO3S3+3. The molecule has 0 aromatic heterocycles. The van der Waals surface area contributed by atoms with Crippen LogP contribution in [0.4, 0.5) is 0 Å². The zero-order valence-corrected chi connectivity index (χ0v) is 34.4. The molecule has 0 amide bonds. The maximum absolute atomic E-state index is 13.8. The van der Waals surface area contributed by atoms with Crippen LogP contribution in [0.25, 0.3) is 32.3 Å². The van der Waals surface area contributed by atoms with Crippen molar-refractivity contribution < 1.29 is 14.3 Å². The summed E-state index contributed by atoms with van der Waals surface area (Å²) >= 11 is 0. The van der Waals surface area contributed by atoms with Crippen LogP contribution in [0, 0.1) is 5.41 Å². The number of nitrogens with one attached hydrogen (secondary N) is 1. The number of hydrogen-bond donors (Lipinski definition) is 1. The normalized spacial score (nSPS) is 21.8. The van der Waals surface area contributed by atoms with Gasteiger partial charge in [-0.2, -0.15) is 0 Å².